The lowest BCUT2D eigenvalue weighted by Crippen LogP contribution is -1.82. The van der Waals surface area contributed by atoms with E-state index in [2.05, 4.69) is 50.0 Å². The Morgan fingerprint density at radius 2 is 1.35 bits per heavy atom. The molecule has 2 aromatic rings. The lowest BCUT2D eigenvalue weighted by atomic mass is 10.1. The maximum absolute atomic E-state index is 10.5. The quantitative estimate of drug-likeness (QED) is 0.650. The molecular weight excluding hydrogens is 244 g/mol. The van der Waals surface area contributed by atoms with E-state index in [0.717, 1.165) is 11.1 Å². The number of rotatable bonds is 0. The summed E-state index contributed by atoms with van der Waals surface area (Å²) in [5.74, 6) is 5.19. The van der Waals surface area contributed by atoms with Crippen LogP contribution in [0.4, 0.5) is 0 Å². The summed E-state index contributed by atoms with van der Waals surface area (Å²) in [5, 5.41) is 0. The first-order valence-electron chi connectivity index (χ1n) is 6.60. The van der Waals surface area contributed by atoms with Crippen molar-refractivity contribution in [3.05, 3.63) is 70.8 Å². The van der Waals surface area contributed by atoms with Gasteiger partial charge in [0.05, 0.1) is 0 Å². The van der Waals surface area contributed by atoms with Gasteiger partial charge in [0.25, 0.3) is 0 Å². The third kappa shape index (κ3) is 6.56. The molecule has 0 saturated heterocycles. The molecule has 0 aliphatic heterocycles. The van der Waals surface area contributed by atoms with Crippen molar-refractivity contribution >= 4 is 5.78 Å². The summed E-state index contributed by atoms with van der Waals surface area (Å²) in [7, 11) is 0. The van der Waals surface area contributed by atoms with Crippen LogP contribution in [0.15, 0.2) is 48.5 Å². The summed E-state index contributed by atoms with van der Waals surface area (Å²) in [4.78, 5) is 10.5. The van der Waals surface area contributed by atoms with E-state index in [4.69, 9.17) is 0 Å². The Morgan fingerprint density at radius 1 is 0.850 bits per heavy atom. The van der Waals surface area contributed by atoms with E-state index >= 15 is 0 Å². The highest BCUT2D eigenvalue weighted by Gasteiger charge is 1.87. The van der Waals surface area contributed by atoms with Crippen LogP contribution in [0.5, 0.6) is 0 Å². The van der Waals surface area contributed by atoms with Crippen molar-refractivity contribution in [2.24, 2.45) is 0 Å². The molecule has 0 saturated carbocycles. The molecule has 0 aromatic heterocycles. The predicted molar refractivity (Wildman–Crippen MR) is 84.7 cm³/mol. The van der Waals surface area contributed by atoms with Crippen molar-refractivity contribution in [1.29, 1.82) is 0 Å². The monoisotopic (exact) mass is 264 g/mol. The molecule has 0 radical (unpaired) electrons. The van der Waals surface area contributed by atoms with Crippen molar-refractivity contribution in [2.45, 2.75) is 27.7 Å². The average molecular weight is 264 g/mol. The molecule has 0 aliphatic carbocycles. The van der Waals surface area contributed by atoms with Crippen LogP contribution < -0.4 is 0 Å². The Hall–Kier alpha value is -2.33. The van der Waals surface area contributed by atoms with Crippen LogP contribution in [0.1, 0.15) is 29.2 Å². The minimum absolute atomic E-state index is 0.100. The van der Waals surface area contributed by atoms with Crippen molar-refractivity contribution < 1.29 is 4.79 Å². The van der Waals surface area contributed by atoms with Gasteiger partial charge in [-0.2, -0.15) is 0 Å². The van der Waals surface area contributed by atoms with Gasteiger partial charge in [-0.25, -0.2) is 0 Å². The molecule has 0 aliphatic rings. The second-order valence-electron chi connectivity index (χ2n) is 4.83. The number of Topliss-reactive ketones (excluding diaryl/α,β-unsaturated/α-hetero) is 1. The molecule has 2 rings (SSSR count). The topological polar surface area (TPSA) is 17.1 Å². The third-order valence-corrected chi connectivity index (χ3v) is 2.57. The zero-order valence-electron chi connectivity index (χ0n) is 12.5. The van der Waals surface area contributed by atoms with Crippen molar-refractivity contribution in [2.75, 3.05) is 0 Å². The van der Waals surface area contributed by atoms with E-state index in [1.54, 1.807) is 0 Å². The standard InChI is InChI=1S/C11H10O.C8H10/c1-9-4-3-5-11(8-9)7-6-10(2)12;1-7-4-3-5-8(2)6-7/h3-5,8H,1-2H3;3-6H,1-2H3. The van der Waals surface area contributed by atoms with Gasteiger partial charge < -0.3 is 0 Å². The fourth-order valence-electron chi connectivity index (χ4n) is 1.69. The van der Waals surface area contributed by atoms with Gasteiger partial charge in [0.1, 0.15) is 0 Å². The summed E-state index contributed by atoms with van der Waals surface area (Å²) in [6, 6.07) is 16.2. The van der Waals surface area contributed by atoms with E-state index in [0.29, 0.717) is 0 Å². The van der Waals surface area contributed by atoms with E-state index in [1.807, 2.05) is 31.2 Å². The first-order chi connectivity index (χ1) is 9.47. The van der Waals surface area contributed by atoms with Gasteiger partial charge >= 0.3 is 0 Å². The van der Waals surface area contributed by atoms with Crippen molar-refractivity contribution in [3.8, 4) is 11.8 Å². The van der Waals surface area contributed by atoms with E-state index in [-0.39, 0.29) is 5.78 Å². The molecule has 0 N–H and O–H groups in total. The Labute approximate surface area is 121 Å². The Morgan fingerprint density at radius 3 is 1.75 bits per heavy atom. The molecule has 102 valence electrons. The van der Waals surface area contributed by atoms with Crippen LogP contribution >= 0.6 is 0 Å². The number of benzene rings is 2. The van der Waals surface area contributed by atoms with Crippen LogP contribution in [-0.2, 0) is 4.79 Å². The van der Waals surface area contributed by atoms with Gasteiger partial charge in [0, 0.05) is 12.5 Å². The van der Waals surface area contributed by atoms with Crippen molar-refractivity contribution in [3.63, 3.8) is 0 Å². The number of carbonyl (C=O) groups excluding carboxylic acids is 1. The Balaban J connectivity index is 0.000000217. The Bertz CT molecular complexity index is 625. The number of carbonyl (C=O) groups is 1. The van der Waals surface area contributed by atoms with Gasteiger partial charge in [0.2, 0.25) is 5.78 Å². The summed E-state index contributed by atoms with van der Waals surface area (Å²) in [6.45, 7) is 7.67. The molecule has 0 fully saturated rings. The highest BCUT2D eigenvalue weighted by Crippen LogP contribution is 2.01. The number of aryl methyl sites for hydroxylation is 3. The van der Waals surface area contributed by atoms with E-state index in [1.165, 1.54) is 18.1 Å². The summed E-state index contributed by atoms with van der Waals surface area (Å²) in [5.41, 5.74) is 4.73. The fraction of sp³-hybridized carbons (Fsp3) is 0.211. The summed E-state index contributed by atoms with van der Waals surface area (Å²) >= 11 is 0. The average Bonchev–Trinajstić information content (AvgIpc) is 2.37. The third-order valence-electron chi connectivity index (χ3n) is 2.57. The van der Waals surface area contributed by atoms with Crippen LogP contribution in [0.2, 0.25) is 0 Å². The molecule has 0 spiro atoms. The van der Waals surface area contributed by atoms with E-state index < -0.39 is 0 Å². The van der Waals surface area contributed by atoms with Crippen LogP contribution in [0.3, 0.4) is 0 Å². The maximum atomic E-state index is 10.5. The van der Waals surface area contributed by atoms with Crippen LogP contribution in [-0.4, -0.2) is 5.78 Å². The number of hydrogen-bond donors (Lipinski definition) is 0. The molecule has 0 atom stereocenters. The Kier molecular flexibility index (Phi) is 6.26. The molecule has 1 nitrogen and oxygen atoms in total. The first-order valence-corrected chi connectivity index (χ1v) is 6.60. The molecule has 20 heavy (non-hydrogen) atoms. The van der Waals surface area contributed by atoms with Crippen LogP contribution in [0, 0.1) is 32.6 Å². The van der Waals surface area contributed by atoms with Gasteiger partial charge in [-0.1, -0.05) is 53.4 Å². The second-order valence-corrected chi connectivity index (χ2v) is 4.83. The largest absolute Gasteiger partial charge is 0.285 e. The number of ketones is 1. The summed E-state index contributed by atoms with van der Waals surface area (Å²) in [6.07, 6.45) is 0. The minimum Gasteiger partial charge on any atom is -0.285 e. The second kappa shape index (κ2) is 7.96. The molecule has 2 aromatic carbocycles. The zero-order valence-corrected chi connectivity index (χ0v) is 12.5. The smallest absolute Gasteiger partial charge is 0.202 e. The lowest BCUT2D eigenvalue weighted by Gasteiger charge is -1.91. The lowest BCUT2D eigenvalue weighted by molar-refractivity contribution is -0.111. The molecule has 0 unspecified atom stereocenters. The van der Waals surface area contributed by atoms with Gasteiger partial charge in [-0.05, 0) is 44.4 Å². The highest BCUT2D eigenvalue weighted by molar-refractivity contribution is 5.93. The maximum Gasteiger partial charge on any atom is 0.202 e. The van der Waals surface area contributed by atoms with Gasteiger partial charge in [-0.3, -0.25) is 4.79 Å². The normalized spacial score (nSPS) is 8.80. The minimum atomic E-state index is -0.100. The molecule has 0 heterocycles. The molecule has 1 heteroatoms. The van der Waals surface area contributed by atoms with Gasteiger partial charge in [0.15, 0.2) is 0 Å². The van der Waals surface area contributed by atoms with Crippen LogP contribution in [0.25, 0.3) is 0 Å². The molecular formula is C19H20O. The molecule has 0 bridgehead atoms. The SMILES string of the molecule is CC(=O)C#Cc1cccc(C)c1.Cc1cccc(C)c1. The van der Waals surface area contributed by atoms with Crippen molar-refractivity contribution in [1.82, 2.24) is 0 Å². The fourth-order valence-corrected chi connectivity index (χ4v) is 1.69. The highest BCUT2D eigenvalue weighted by atomic mass is 16.1. The first kappa shape index (κ1) is 15.7. The van der Waals surface area contributed by atoms with Gasteiger partial charge in [-0.15, -0.1) is 0 Å². The van der Waals surface area contributed by atoms with E-state index in [9.17, 15) is 4.79 Å². The predicted octanol–water partition coefficient (Wildman–Crippen LogP) is 4.24. The summed E-state index contributed by atoms with van der Waals surface area (Å²) < 4.78 is 0. The number of hydrogen-bond acceptors (Lipinski definition) is 1. The molecule has 0 amide bonds. The zero-order chi connectivity index (χ0) is 15.0.